The summed E-state index contributed by atoms with van der Waals surface area (Å²) in [5.74, 6) is 0. The highest BCUT2D eigenvalue weighted by molar-refractivity contribution is 8.16. The van der Waals surface area contributed by atoms with Gasteiger partial charge in [0.2, 0.25) is 0 Å². The van der Waals surface area contributed by atoms with Crippen molar-refractivity contribution in [2.45, 2.75) is 13.3 Å². The molecule has 4 rings (SSSR count). The van der Waals surface area contributed by atoms with Gasteiger partial charge in [-0.1, -0.05) is 122 Å². The fourth-order valence-corrected chi connectivity index (χ4v) is 4.85. The molecule has 0 saturated carbocycles. The van der Waals surface area contributed by atoms with Gasteiger partial charge in [-0.05, 0) is 23.1 Å². The lowest BCUT2D eigenvalue weighted by molar-refractivity contribution is 0.552. The molecule has 1 aliphatic rings. The van der Waals surface area contributed by atoms with Gasteiger partial charge in [-0.3, -0.25) is 0 Å². The van der Waals surface area contributed by atoms with E-state index in [1.54, 1.807) is 0 Å². The van der Waals surface area contributed by atoms with E-state index in [1.807, 2.05) is 11.8 Å². The third kappa shape index (κ3) is 3.84. The average Bonchev–Trinajstić information content (AvgIpc) is 2.69. The first kappa shape index (κ1) is 16.9. The van der Waals surface area contributed by atoms with Crippen LogP contribution in [-0.2, 0) is 6.42 Å². The normalized spacial score (nSPS) is 15.9. The molecule has 0 aliphatic carbocycles. The fraction of sp³-hybridized carbons (Fsp3) is 0.120. The van der Waals surface area contributed by atoms with E-state index < -0.39 is 0 Å². The van der Waals surface area contributed by atoms with Crippen molar-refractivity contribution in [2.24, 2.45) is 5.41 Å². The summed E-state index contributed by atoms with van der Waals surface area (Å²) in [4.78, 5) is 2.68. The third-order valence-corrected chi connectivity index (χ3v) is 5.83. The molecule has 1 aliphatic heterocycles. The summed E-state index contributed by atoms with van der Waals surface area (Å²) < 4.78 is 0. The van der Waals surface area contributed by atoms with Crippen LogP contribution in [0.4, 0.5) is 0 Å². The Balaban J connectivity index is 1.76. The molecule has 128 valence electrons. The maximum atomic E-state index is 2.44. The molecule has 3 aromatic carbocycles. The monoisotopic (exact) mass is 354 g/mol. The molecule has 0 unspecified atom stereocenters. The van der Waals surface area contributed by atoms with Crippen molar-refractivity contribution in [1.82, 2.24) is 0 Å². The van der Waals surface area contributed by atoms with Crippen LogP contribution >= 0.6 is 11.8 Å². The van der Waals surface area contributed by atoms with Crippen molar-refractivity contribution in [3.05, 3.63) is 120 Å². The number of hydrogen-bond donors (Lipinski definition) is 0. The van der Waals surface area contributed by atoms with E-state index in [4.69, 9.17) is 0 Å². The molecule has 0 aromatic heterocycles. The lowest BCUT2D eigenvalue weighted by Gasteiger charge is -2.30. The van der Waals surface area contributed by atoms with Crippen molar-refractivity contribution in [1.29, 1.82) is 0 Å². The summed E-state index contributed by atoms with van der Waals surface area (Å²) in [6, 6.07) is 32.2. The van der Waals surface area contributed by atoms with Crippen LogP contribution < -0.4 is 0 Å². The predicted molar refractivity (Wildman–Crippen MR) is 115 cm³/mol. The van der Waals surface area contributed by atoms with Gasteiger partial charge in [0.05, 0.1) is 0 Å². The molecular formula is C25H22S. The number of allylic oxidation sites excluding steroid dienone is 2. The maximum absolute atomic E-state index is 2.44. The van der Waals surface area contributed by atoms with Gasteiger partial charge in [0.15, 0.2) is 0 Å². The van der Waals surface area contributed by atoms with Crippen molar-refractivity contribution < 1.29 is 0 Å². The zero-order valence-corrected chi connectivity index (χ0v) is 15.7. The van der Waals surface area contributed by atoms with Crippen LogP contribution in [0.5, 0.6) is 0 Å². The Bertz CT molecular complexity index is 866. The molecule has 0 spiro atoms. The zero-order chi connectivity index (χ0) is 17.8. The van der Waals surface area contributed by atoms with Crippen LogP contribution in [0.1, 0.15) is 23.6 Å². The summed E-state index contributed by atoms with van der Waals surface area (Å²) in [5.41, 5.74) is 3.94. The summed E-state index contributed by atoms with van der Waals surface area (Å²) in [5, 5.41) is 0. The van der Waals surface area contributed by atoms with Gasteiger partial charge < -0.3 is 0 Å². The van der Waals surface area contributed by atoms with Crippen molar-refractivity contribution in [3.8, 4) is 0 Å². The minimum absolute atomic E-state index is 0.0110. The first-order valence-corrected chi connectivity index (χ1v) is 9.82. The van der Waals surface area contributed by atoms with Gasteiger partial charge in [-0.2, -0.15) is 0 Å². The Hall–Kier alpha value is -2.51. The van der Waals surface area contributed by atoms with Gasteiger partial charge >= 0.3 is 0 Å². The van der Waals surface area contributed by atoms with Crippen LogP contribution in [0.3, 0.4) is 0 Å². The van der Waals surface area contributed by atoms with E-state index in [-0.39, 0.29) is 5.41 Å². The second kappa shape index (κ2) is 7.39. The summed E-state index contributed by atoms with van der Waals surface area (Å²) >= 11 is 1.87. The molecule has 0 bridgehead atoms. The average molecular weight is 355 g/mol. The van der Waals surface area contributed by atoms with Crippen molar-refractivity contribution >= 4 is 21.6 Å². The Morgan fingerprint density at radius 3 is 1.50 bits per heavy atom. The molecule has 0 amide bonds. The summed E-state index contributed by atoms with van der Waals surface area (Å²) in [6.07, 6.45) is 5.87. The Morgan fingerprint density at radius 2 is 1.04 bits per heavy atom. The maximum Gasteiger partial charge on any atom is 0.0163 e. The largest absolute Gasteiger partial charge is 0.0894 e. The molecule has 1 heterocycles. The molecule has 0 fully saturated rings. The van der Waals surface area contributed by atoms with Gasteiger partial charge in [0.25, 0.3) is 0 Å². The summed E-state index contributed by atoms with van der Waals surface area (Å²) in [6.45, 7) is 2.34. The van der Waals surface area contributed by atoms with Crippen LogP contribution in [0.25, 0.3) is 9.81 Å². The first-order chi connectivity index (χ1) is 12.7. The van der Waals surface area contributed by atoms with Crippen LogP contribution in [0.2, 0.25) is 0 Å². The number of benzene rings is 3. The molecule has 0 radical (unpaired) electrons. The van der Waals surface area contributed by atoms with E-state index in [2.05, 4.69) is 110 Å². The predicted octanol–water partition coefficient (Wildman–Crippen LogP) is 7.06. The van der Waals surface area contributed by atoms with E-state index in [9.17, 15) is 0 Å². The second-order valence-electron chi connectivity index (χ2n) is 7.02. The highest BCUT2D eigenvalue weighted by atomic mass is 32.2. The minimum atomic E-state index is -0.0110. The molecule has 3 aromatic rings. The highest BCUT2D eigenvalue weighted by Gasteiger charge is 2.27. The van der Waals surface area contributed by atoms with Crippen molar-refractivity contribution in [3.63, 3.8) is 0 Å². The lowest BCUT2D eigenvalue weighted by Crippen LogP contribution is -2.17. The van der Waals surface area contributed by atoms with Gasteiger partial charge in [0.1, 0.15) is 0 Å². The first-order valence-electron chi connectivity index (χ1n) is 9.00. The Morgan fingerprint density at radius 1 is 0.615 bits per heavy atom. The van der Waals surface area contributed by atoms with E-state index in [1.165, 1.54) is 26.5 Å². The van der Waals surface area contributed by atoms with Gasteiger partial charge in [-0.15, -0.1) is 0 Å². The molecule has 0 atom stereocenters. The van der Waals surface area contributed by atoms with E-state index >= 15 is 0 Å². The SMILES string of the molecule is CC1(Cc2ccccc2)C=C(c2ccccc2)SC(c2ccccc2)=C1. The molecule has 0 N–H and O–H groups in total. The minimum Gasteiger partial charge on any atom is -0.0894 e. The highest BCUT2D eigenvalue weighted by Crippen LogP contribution is 2.48. The van der Waals surface area contributed by atoms with Crippen LogP contribution in [-0.4, -0.2) is 0 Å². The molecule has 26 heavy (non-hydrogen) atoms. The van der Waals surface area contributed by atoms with E-state index in [0.717, 1.165) is 6.42 Å². The van der Waals surface area contributed by atoms with Crippen molar-refractivity contribution in [2.75, 3.05) is 0 Å². The van der Waals surface area contributed by atoms with E-state index in [0.29, 0.717) is 0 Å². The molecule has 0 nitrogen and oxygen atoms in total. The standard InChI is InChI=1S/C25H22S/c1-25(17-20-11-5-2-6-12-20)18-23(21-13-7-3-8-14-21)26-24(19-25)22-15-9-4-10-16-22/h2-16,18-19H,17H2,1H3. The molecule has 1 heteroatoms. The topological polar surface area (TPSA) is 0 Å². The Kier molecular flexibility index (Phi) is 4.81. The van der Waals surface area contributed by atoms with Gasteiger partial charge in [0, 0.05) is 15.2 Å². The lowest BCUT2D eigenvalue weighted by atomic mass is 9.81. The Labute approximate surface area is 160 Å². The number of thioether (sulfide) groups is 1. The third-order valence-electron chi connectivity index (χ3n) is 4.69. The number of hydrogen-bond acceptors (Lipinski definition) is 1. The zero-order valence-electron chi connectivity index (χ0n) is 14.9. The number of rotatable bonds is 4. The quantitative estimate of drug-likeness (QED) is 0.483. The van der Waals surface area contributed by atoms with Crippen LogP contribution in [0.15, 0.2) is 103 Å². The summed E-state index contributed by atoms with van der Waals surface area (Å²) in [7, 11) is 0. The smallest absolute Gasteiger partial charge is 0.0163 e. The second-order valence-corrected chi connectivity index (χ2v) is 8.10. The molecular weight excluding hydrogens is 332 g/mol. The van der Waals surface area contributed by atoms with Gasteiger partial charge in [-0.25, -0.2) is 0 Å². The van der Waals surface area contributed by atoms with Crippen LogP contribution in [0, 0.1) is 5.41 Å². The fourth-order valence-electron chi connectivity index (χ4n) is 3.45. The molecule has 0 saturated heterocycles.